The SMILES string of the molecule is CC1(C(=O)N2CCCOc3ccccc3CCCCO[C@H]([C@H](O)CO)[C@H](O)[C@H](O)C2)CC1. The highest BCUT2D eigenvalue weighted by Crippen LogP contribution is 2.46. The van der Waals surface area contributed by atoms with Crippen molar-refractivity contribution in [1.29, 1.82) is 0 Å². The minimum Gasteiger partial charge on any atom is -0.493 e. The van der Waals surface area contributed by atoms with Crippen molar-refractivity contribution in [3.05, 3.63) is 29.8 Å². The summed E-state index contributed by atoms with van der Waals surface area (Å²) in [6, 6.07) is 7.88. The molecule has 1 aromatic carbocycles. The lowest BCUT2D eigenvalue weighted by atomic mass is 10.0. The van der Waals surface area contributed by atoms with Crippen LogP contribution >= 0.6 is 0 Å². The molecule has 1 amide bonds. The Bertz CT molecular complexity index is 739. The molecule has 0 radical (unpaired) electrons. The maximum atomic E-state index is 13.0. The summed E-state index contributed by atoms with van der Waals surface area (Å²) in [7, 11) is 0. The molecule has 1 heterocycles. The average molecular weight is 452 g/mol. The Morgan fingerprint density at radius 2 is 1.94 bits per heavy atom. The Balaban J connectivity index is 1.77. The summed E-state index contributed by atoms with van der Waals surface area (Å²) in [6.07, 6.45) is -0.758. The van der Waals surface area contributed by atoms with Crippen molar-refractivity contribution in [2.45, 2.75) is 69.9 Å². The second-order valence-corrected chi connectivity index (χ2v) is 9.22. The number of aliphatic hydroxyl groups excluding tert-OH is 4. The molecule has 32 heavy (non-hydrogen) atoms. The Labute approximate surface area is 189 Å². The molecule has 0 saturated heterocycles. The molecule has 8 nitrogen and oxygen atoms in total. The normalized spacial score (nSPS) is 28.3. The molecular weight excluding hydrogens is 414 g/mol. The van der Waals surface area contributed by atoms with E-state index in [1.165, 1.54) is 0 Å². The van der Waals surface area contributed by atoms with Crippen LogP contribution in [-0.2, 0) is 16.0 Å². The van der Waals surface area contributed by atoms with Gasteiger partial charge in [-0.2, -0.15) is 0 Å². The van der Waals surface area contributed by atoms with Gasteiger partial charge in [0.1, 0.15) is 30.2 Å². The van der Waals surface area contributed by atoms with E-state index < -0.39 is 36.4 Å². The van der Waals surface area contributed by atoms with Gasteiger partial charge in [0.15, 0.2) is 0 Å². The molecule has 180 valence electrons. The number of carbonyl (C=O) groups excluding carboxylic acids is 1. The molecule has 0 unspecified atom stereocenters. The molecule has 0 bridgehead atoms. The van der Waals surface area contributed by atoms with Crippen molar-refractivity contribution < 1.29 is 34.7 Å². The van der Waals surface area contributed by atoms with E-state index in [1.54, 1.807) is 4.90 Å². The molecule has 4 atom stereocenters. The molecule has 1 saturated carbocycles. The number of aryl methyl sites for hydroxylation is 1. The lowest BCUT2D eigenvalue weighted by molar-refractivity contribution is -0.153. The highest BCUT2D eigenvalue weighted by molar-refractivity contribution is 5.84. The number of carbonyl (C=O) groups is 1. The average Bonchev–Trinajstić information content (AvgIpc) is 3.55. The van der Waals surface area contributed by atoms with Gasteiger partial charge in [-0.25, -0.2) is 0 Å². The first kappa shape index (κ1) is 24.9. The smallest absolute Gasteiger partial charge is 0.228 e. The molecular formula is C24H37NO7. The van der Waals surface area contributed by atoms with Gasteiger partial charge in [-0.1, -0.05) is 25.1 Å². The van der Waals surface area contributed by atoms with E-state index in [9.17, 15) is 25.2 Å². The number of hydrogen-bond donors (Lipinski definition) is 4. The van der Waals surface area contributed by atoms with E-state index in [1.807, 2.05) is 31.2 Å². The van der Waals surface area contributed by atoms with Gasteiger partial charge in [0, 0.05) is 25.1 Å². The van der Waals surface area contributed by atoms with Crippen LogP contribution in [0.1, 0.15) is 44.6 Å². The van der Waals surface area contributed by atoms with Crippen LogP contribution in [0.2, 0.25) is 0 Å². The third-order valence-corrected chi connectivity index (χ3v) is 6.46. The predicted octanol–water partition coefficient (Wildman–Crippen LogP) is 0.881. The highest BCUT2D eigenvalue weighted by atomic mass is 16.5. The monoisotopic (exact) mass is 451 g/mol. The van der Waals surface area contributed by atoms with Crippen molar-refractivity contribution in [1.82, 2.24) is 4.90 Å². The van der Waals surface area contributed by atoms with Crippen LogP contribution in [-0.4, -0.2) is 88.6 Å². The van der Waals surface area contributed by atoms with Crippen LogP contribution in [0.3, 0.4) is 0 Å². The number of ether oxygens (including phenoxy) is 2. The first-order valence-electron chi connectivity index (χ1n) is 11.6. The molecule has 1 aromatic rings. The number of aliphatic hydroxyl groups is 4. The van der Waals surface area contributed by atoms with E-state index in [0.717, 1.165) is 37.0 Å². The fourth-order valence-corrected chi connectivity index (χ4v) is 4.08. The summed E-state index contributed by atoms with van der Waals surface area (Å²) >= 11 is 0. The van der Waals surface area contributed by atoms with Crippen LogP contribution in [0.4, 0.5) is 0 Å². The van der Waals surface area contributed by atoms with E-state index in [2.05, 4.69) is 0 Å². The zero-order valence-electron chi connectivity index (χ0n) is 18.9. The number of hydrogen-bond acceptors (Lipinski definition) is 7. The molecule has 1 fully saturated rings. The Morgan fingerprint density at radius 3 is 2.66 bits per heavy atom. The Kier molecular flexibility index (Phi) is 8.90. The fourth-order valence-electron chi connectivity index (χ4n) is 4.08. The van der Waals surface area contributed by atoms with Crippen molar-refractivity contribution in [2.75, 3.05) is 32.9 Å². The quantitative estimate of drug-likeness (QED) is 0.539. The van der Waals surface area contributed by atoms with Crippen LogP contribution < -0.4 is 4.74 Å². The summed E-state index contributed by atoms with van der Waals surface area (Å²) < 4.78 is 11.7. The number of benzene rings is 1. The van der Waals surface area contributed by atoms with Gasteiger partial charge >= 0.3 is 0 Å². The Hall–Kier alpha value is -1.71. The lowest BCUT2D eigenvalue weighted by Gasteiger charge is -2.34. The second-order valence-electron chi connectivity index (χ2n) is 9.22. The summed E-state index contributed by atoms with van der Waals surface area (Å²) in [4.78, 5) is 14.6. The number of para-hydroxylation sites is 1. The Morgan fingerprint density at radius 1 is 1.19 bits per heavy atom. The maximum Gasteiger partial charge on any atom is 0.228 e. The minimum absolute atomic E-state index is 0.0505. The van der Waals surface area contributed by atoms with Crippen LogP contribution in [0.25, 0.3) is 0 Å². The molecule has 0 aromatic heterocycles. The highest BCUT2D eigenvalue weighted by Gasteiger charge is 2.47. The number of nitrogens with zero attached hydrogens (tertiary/aromatic N) is 1. The summed E-state index contributed by atoms with van der Waals surface area (Å²) in [5.74, 6) is 0.780. The lowest BCUT2D eigenvalue weighted by Crippen LogP contribution is -2.52. The molecule has 1 aliphatic carbocycles. The van der Waals surface area contributed by atoms with Gasteiger partial charge in [-0.3, -0.25) is 4.79 Å². The topological polar surface area (TPSA) is 120 Å². The molecule has 0 spiro atoms. The summed E-state index contributed by atoms with van der Waals surface area (Å²) in [5.41, 5.74) is 0.680. The standard InChI is InChI=1S/C24H37NO7/c1-24(10-11-24)23(30)25-12-6-14-31-20-9-3-2-7-17(20)8-4-5-13-32-22(19(28)16-26)21(29)18(27)15-25/h2-3,7,9,18-19,21-22,26-29H,4-6,8,10-16H2,1H3/t18-,19-,21-,22-/m1/s1. The van der Waals surface area contributed by atoms with E-state index >= 15 is 0 Å². The number of amides is 1. The van der Waals surface area contributed by atoms with Gasteiger partial charge in [0.05, 0.1) is 13.2 Å². The fraction of sp³-hybridized carbons (Fsp3) is 0.708. The number of β-amino-alcohol motifs (C(OH)–C–C–N with tert-alkyl or cyclic N) is 1. The molecule has 3 rings (SSSR count). The van der Waals surface area contributed by atoms with Crippen molar-refractivity contribution >= 4 is 5.91 Å². The molecule has 1 aliphatic heterocycles. The zero-order chi connectivity index (χ0) is 23.1. The predicted molar refractivity (Wildman–Crippen MR) is 118 cm³/mol. The van der Waals surface area contributed by atoms with Gasteiger partial charge in [0.2, 0.25) is 5.91 Å². The second kappa shape index (κ2) is 11.4. The molecule has 2 aliphatic rings. The maximum absolute atomic E-state index is 13.0. The molecule has 8 heteroatoms. The minimum atomic E-state index is -1.44. The van der Waals surface area contributed by atoms with Crippen molar-refractivity contribution in [2.24, 2.45) is 5.41 Å². The molecule has 4 N–H and O–H groups in total. The van der Waals surface area contributed by atoms with Gasteiger partial charge in [0.25, 0.3) is 0 Å². The van der Waals surface area contributed by atoms with Crippen LogP contribution in [0.15, 0.2) is 24.3 Å². The van der Waals surface area contributed by atoms with Crippen LogP contribution in [0, 0.1) is 5.41 Å². The van der Waals surface area contributed by atoms with E-state index in [-0.39, 0.29) is 19.1 Å². The van der Waals surface area contributed by atoms with Gasteiger partial charge in [-0.05, 0) is 50.2 Å². The van der Waals surface area contributed by atoms with Gasteiger partial charge < -0.3 is 34.8 Å². The first-order chi connectivity index (χ1) is 15.4. The summed E-state index contributed by atoms with van der Waals surface area (Å²) in [6.45, 7) is 2.31. The third-order valence-electron chi connectivity index (χ3n) is 6.46. The first-order valence-corrected chi connectivity index (χ1v) is 11.6. The number of fused-ring (bicyclic) bond motifs is 1. The van der Waals surface area contributed by atoms with Crippen molar-refractivity contribution in [3.8, 4) is 5.75 Å². The van der Waals surface area contributed by atoms with Gasteiger partial charge in [-0.15, -0.1) is 0 Å². The van der Waals surface area contributed by atoms with E-state index in [4.69, 9.17) is 9.47 Å². The van der Waals surface area contributed by atoms with Crippen LogP contribution in [0.5, 0.6) is 5.75 Å². The number of rotatable bonds is 3. The summed E-state index contributed by atoms with van der Waals surface area (Å²) in [5, 5.41) is 40.9. The van der Waals surface area contributed by atoms with Crippen molar-refractivity contribution in [3.63, 3.8) is 0 Å². The van der Waals surface area contributed by atoms with E-state index in [0.29, 0.717) is 26.0 Å². The largest absolute Gasteiger partial charge is 0.493 e. The third kappa shape index (κ3) is 6.42. The zero-order valence-corrected chi connectivity index (χ0v) is 18.9.